The standard InChI is InChI=1S/C21H23ClN2O4/c1-13-5-6-16(22)11-19(13)24-8-7-23(14(2)20(24)25)21(26)15-9-17(27-3)12-18(10-15)28-4/h5-6,9-12,14H,7-8H2,1-4H3. The summed E-state index contributed by atoms with van der Waals surface area (Å²) in [7, 11) is 3.06. The van der Waals surface area contributed by atoms with Crippen LogP contribution in [0.15, 0.2) is 36.4 Å². The number of anilines is 1. The first-order valence-electron chi connectivity index (χ1n) is 8.97. The molecule has 1 saturated heterocycles. The Balaban J connectivity index is 1.86. The van der Waals surface area contributed by atoms with E-state index in [1.54, 1.807) is 47.1 Å². The van der Waals surface area contributed by atoms with Gasteiger partial charge in [-0.15, -0.1) is 0 Å². The van der Waals surface area contributed by atoms with Crippen LogP contribution >= 0.6 is 11.6 Å². The molecule has 3 rings (SSSR count). The molecular weight excluding hydrogens is 380 g/mol. The summed E-state index contributed by atoms with van der Waals surface area (Å²) in [5.41, 5.74) is 2.16. The highest BCUT2D eigenvalue weighted by Gasteiger charge is 2.36. The van der Waals surface area contributed by atoms with E-state index >= 15 is 0 Å². The van der Waals surface area contributed by atoms with Crippen LogP contribution in [-0.2, 0) is 4.79 Å². The van der Waals surface area contributed by atoms with Gasteiger partial charge in [-0.1, -0.05) is 17.7 Å². The molecule has 1 aliphatic rings. The van der Waals surface area contributed by atoms with E-state index in [4.69, 9.17) is 21.1 Å². The molecule has 2 amide bonds. The van der Waals surface area contributed by atoms with Gasteiger partial charge in [-0.2, -0.15) is 0 Å². The van der Waals surface area contributed by atoms with Gasteiger partial charge in [0, 0.05) is 35.4 Å². The van der Waals surface area contributed by atoms with Gasteiger partial charge in [0.05, 0.1) is 14.2 Å². The van der Waals surface area contributed by atoms with Crippen LogP contribution in [0.1, 0.15) is 22.8 Å². The van der Waals surface area contributed by atoms with Crippen molar-refractivity contribution in [3.63, 3.8) is 0 Å². The summed E-state index contributed by atoms with van der Waals surface area (Å²) in [5, 5.41) is 0.572. The summed E-state index contributed by atoms with van der Waals surface area (Å²) in [5.74, 6) is 0.671. The Labute approximate surface area is 169 Å². The number of rotatable bonds is 4. The van der Waals surface area contributed by atoms with E-state index in [1.807, 2.05) is 13.0 Å². The number of nitrogens with zero attached hydrogens (tertiary/aromatic N) is 2. The average Bonchev–Trinajstić information content (AvgIpc) is 2.71. The molecule has 0 bridgehead atoms. The fourth-order valence-electron chi connectivity index (χ4n) is 3.36. The Morgan fingerprint density at radius 2 is 1.71 bits per heavy atom. The van der Waals surface area contributed by atoms with Gasteiger partial charge in [-0.25, -0.2) is 0 Å². The first-order chi connectivity index (χ1) is 13.3. The lowest BCUT2D eigenvalue weighted by Gasteiger charge is -2.39. The molecule has 0 aliphatic carbocycles. The van der Waals surface area contributed by atoms with Gasteiger partial charge in [0.1, 0.15) is 17.5 Å². The molecule has 6 nitrogen and oxygen atoms in total. The number of piperazine rings is 1. The van der Waals surface area contributed by atoms with Crippen LogP contribution in [-0.4, -0.2) is 50.1 Å². The number of benzene rings is 2. The first-order valence-corrected chi connectivity index (χ1v) is 9.35. The van der Waals surface area contributed by atoms with Crippen molar-refractivity contribution >= 4 is 29.1 Å². The number of amides is 2. The summed E-state index contributed by atoms with van der Waals surface area (Å²) in [4.78, 5) is 29.4. The van der Waals surface area contributed by atoms with Gasteiger partial charge in [0.2, 0.25) is 5.91 Å². The van der Waals surface area contributed by atoms with Crippen molar-refractivity contribution in [1.82, 2.24) is 4.90 Å². The maximum atomic E-state index is 13.1. The second-order valence-electron chi connectivity index (χ2n) is 6.70. The Morgan fingerprint density at radius 1 is 1.07 bits per heavy atom. The topological polar surface area (TPSA) is 59.1 Å². The first kappa shape index (κ1) is 20.0. The lowest BCUT2D eigenvalue weighted by molar-refractivity contribution is -0.124. The number of ether oxygens (including phenoxy) is 2. The van der Waals surface area contributed by atoms with E-state index in [2.05, 4.69) is 0 Å². The highest BCUT2D eigenvalue weighted by atomic mass is 35.5. The van der Waals surface area contributed by atoms with Crippen molar-refractivity contribution < 1.29 is 19.1 Å². The molecule has 0 radical (unpaired) electrons. The molecule has 0 spiro atoms. The second-order valence-corrected chi connectivity index (χ2v) is 7.13. The van der Waals surface area contributed by atoms with Crippen molar-refractivity contribution in [2.75, 3.05) is 32.2 Å². The minimum atomic E-state index is -0.600. The Hall–Kier alpha value is -2.73. The van der Waals surface area contributed by atoms with Crippen LogP contribution in [0.5, 0.6) is 11.5 Å². The predicted molar refractivity (Wildman–Crippen MR) is 109 cm³/mol. The number of carbonyl (C=O) groups excluding carboxylic acids is 2. The molecule has 2 aromatic carbocycles. The largest absolute Gasteiger partial charge is 0.497 e. The predicted octanol–water partition coefficient (Wildman–Crippen LogP) is 3.54. The summed E-state index contributed by atoms with van der Waals surface area (Å²) in [6, 6.07) is 9.86. The summed E-state index contributed by atoms with van der Waals surface area (Å²) >= 11 is 6.11. The van der Waals surface area contributed by atoms with Crippen molar-refractivity contribution in [1.29, 1.82) is 0 Å². The summed E-state index contributed by atoms with van der Waals surface area (Å²) in [6.07, 6.45) is 0. The molecule has 1 aliphatic heterocycles. The molecule has 1 unspecified atom stereocenters. The minimum Gasteiger partial charge on any atom is -0.497 e. The number of methoxy groups -OCH3 is 2. The smallest absolute Gasteiger partial charge is 0.254 e. The fraction of sp³-hybridized carbons (Fsp3) is 0.333. The molecule has 0 aromatic heterocycles. The number of halogens is 1. The molecule has 148 valence electrons. The number of hydrogen-bond acceptors (Lipinski definition) is 4. The highest BCUT2D eigenvalue weighted by Crippen LogP contribution is 2.29. The van der Waals surface area contributed by atoms with Crippen molar-refractivity contribution in [3.8, 4) is 11.5 Å². The van der Waals surface area contributed by atoms with E-state index in [-0.39, 0.29) is 11.8 Å². The maximum absolute atomic E-state index is 13.1. The third-order valence-electron chi connectivity index (χ3n) is 4.98. The highest BCUT2D eigenvalue weighted by molar-refractivity contribution is 6.31. The molecular formula is C21H23ClN2O4. The van der Waals surface area contributed by atoms with Crippen LogP contribution < -0.4 is 14.4 Å². The SMILES string of the molecule is COc1cc(OC)cc(C(=O)N2CCN(c3cc(Cl)ccc3C)C(=O)C2C)c1. The number of hydrogen-bond donors (Lipinski definition) is 0. The zero-order valence-electron chi connectivity index (χ0n) is 16.4. The van der Waals surface area contributed by atoms with Crippen molar-refractivity contribution in [2.24, 2.45) is 0 Å². The quantitative estimate of drug-likeness (QED) is 0.784. The lowest BCUT2D eigenvalue weighted by atomic mass is 10.1. The van der Waals surface area contributed by atoms with Crippen LogP contribution in [0.4, 0.5) is 5.69 Å². The zero-order valence-corrected chi connectivity index (χ0v) is 17.1. The fourth-order valence-corrected chi connectivity index (χ4v) is 3.52. The van der Waals surface area contributed by atoms with Crippen LogP contribution in [0.25, 0.3) is 0 Å². The summed E-state index contributed by atoms with van der Waals surface area (Å²) in [6.45, 7) is 4.49. The number of carbonyl (C=O) groups is 2. The molecule has 0 N–H and O–H groups in total. The van der Waals surface area contributed by atoms with Crippen molar-refractivity contribution in [2.45, 2.75) is 19.9 Å². The molecule has 28 heavy (non-hydrogen) atoms. The van der Waals surface area contributed by atoms with Gasteiger partial charge in [-0.05, 0) is 43.7 Å². The molecule has 1 atom stereocenters. The molecule has 7 heteroatoms. The number of aryl methyl sites for hydroxylation is 1. The van der Waals surface area contributed by atoms with Gasteiger partial charge in [0.15, 0.2) is 0 Å². The van der Waals surface area contributed by atoms with E-state index in [0.717, 1.165) is 11.3 Å². The Kier molecular flexibility index (Phi) is 5.79. The average molecular weight is 403 g/mol. The maximum Gasteiger partial charge on any atom is 0.254 e. The van der Waals surface area contributed by atoms with Crippen LogP contribution in [0, 0.1) is 6.92 Å². The van der Waals surface area contributed by atoms with Gasteiger partial charge in [-0.3, -0.25) is 9.59 Å². The third kappa shape index (κ3) is 3.78. The monoisotopic (exact) mass is 402 g/mol. The van der Waals surface area contributed by atoms with Crippen LogP contribution in [0.3, 0.4) is 0 Å². The molecule has 2 aromatic rings. The molecule has 1 fully saturated rings. The minimum absolute atomic E-state index is 0.139. The van der Waals surface area contributed by atoms with E-state index in [1.165, 1.54) is 14.2 Å². The van der Waals surface area contributed by atoms with Crippen molar-refractivity contribution in [3.05, 3.63) is 52.5 Å². The Morgan fingerprint density at radius 3 is 2.32 bits per heavy atom. The van der Waals surface area contributed by atoms with Gasteiger partial charge in [0.25, 0.3) is 5.91 Å². The normalized spacial score (nSPS) is 16.9. The third-order valence-corrected chi connectivity index (χ3v) is 5.21. The zero-order chi connectivity index (χ0) is 20.4. The summed E-state index contributed by atoms with van der Waals surface area (Å²) < 4.78 is 10.5. The van der Waals surface area contributed by atoms with E-state index < -0.39 is 6.04 Å². The van der Waals surface area contributed by atoms with Gasteiger partial charge >= 0.3 is 0 Å². The molecule has 0 saturated carbocycles. The van der Waals surface area contributed by atoms with E-state index in [9.17, 15) is 9.59 Å². The van der Waals surface area contributed by atoms with Crippen LogP contribution in [0.2, 0.25) is 5.02 Å². The van der Waals surface area contributed by atoms with E-state index in [0.29, 0.717) is 35.2 Å². The Bertz CT molecular complexity index is 893. The van der Waals surface area contributed by atoms with Gasteiger partial charge < -0.3 is 19.3 Å². The molecule has 1 heterocycles. The second kappa shape index (κ2) is 8.10. The lowest BCUT2D eigenvalue weighted by Crippen LogP contribution is -2.58.